The lowest BCUT2D eigenvalue weighted by atomic mass is 9.87. The zero-order valence-electron chi connectivity index (χ0n) is 22.2. The summed E-state index contributed by atoms with van der Waals surface area (Å²) in [6.45, 7) is 8.32. The summed E-state index contributed by atoms with van der Waals surface area (Å²) < 4.78 is 0. The van der Waals surface area contributed by atoms with E-state index in [4.69, 9.17) is 0 Å². The largest absolute Gasteiger partial charge is 0.355 e. The molecule has 5 nitrogen and oxygen atoms in total. The number of rotatable bonds is 8. The summed E-state index contributed by atoms with van der Waals surface area (Å²) >= 11 is 0. The molecule has 3 aromatic carbocycles. The van der Waals surface area contributed by atoms with Crippen LogP contribution in [0.3, 0.4) is 0 Å². The molecule has 0 aliphatic carbocycles. The van der Waals surface area contributed by atoms with E-state index in [1.165, 1.54) is 16.7 Å². The minimum Gasteiger partial charge on any atom is -0.355 e. The van der Waals surface area contributed by atoms with Gasteiger partial charge in [-0.15, -0.1) is 0 Å². The average molecular weight is 496 g/mol. The second kappa shape index (κ2) is 12.5. The number of amides is 2. The molecule has 37 heavy (non-hydrogen) atoms. The maximum atomic E-state index is 12.9. The molecule has 0 atom stereocenters. The van der Waals surface area contributed by atoms with Crippen LogP contribution in [-0.2, 0) is 6.54 Å². The van der Waals surface area contributed by atoms with Crippen molar-refractivity contribution >= 4 is 17.4 Å². The molecule has 1 saturated heterocycles. The van der Waals surface area contributed by atoms with Gasteiger partial charge in [-0.3, -0.25) is 14.5 Å². The molecule has 1 aliphatic heterocycles. The molecule has 1 heterocycles. The summed E-state index contributed by atoms with van der Waals surface area (Å²) in [6, 6.07) is 26.4. The number of hydrogen-bond donors (Lipinski definition) is 1. The Hall–Kier alpha value is -3.70. The highest BCUT2D eigenvalue weighted by Crippen LogP contribution is 2.33. The van der Waals surface area contributed by atoms with Crippen LogP contribution in [0.5, 0.6) is 0 Å². The molecule has 0 saturated carbocycles. The number of nitrogens with zero attached hydrogens (tertiary/aromatic N) is 2. The molecule has 1 N–H and O–H groups in total. The van der Waals surface area contributed by atoms with Gasteiger partial charge in [-0.25, -0.2) is 0 Å². The third-order valence-electron chi connectivity index (χ3n) is 7.17. The summed E-state index contributed by atoms with van der Waals surface area (Å²) in [5.41, 5.74) is 7.36. The summed E-state index contributed by atoms with van der Waals surface area (Å²) in [5, 5.41) is 2.73. The molecule has 0 spiro atoms. The van der Waals surface area contributed by atoms with Gasteiger partial charge in [-0.05, 0) is 73.2 Å². The van der Waals surface area contributed by atoms with Gasteiger partial charge in [0.25, 0.3) is 11.8 Å². The lowest BCUT2D eigenvalue weighted by molar-refractivity contribution is 0.0772. The van der Waals surface area contributed by atoms with Crippen LogP contribution in [0.2, 0.25) is 0 Å². The van der Waals surface area contributed by atoms with E-state index in [0.717, 1.165) is 43.6 Å². The Bertz CT molecular complexity index is 1230. The van der Waals surface area contributed by atoms with Crippen LogP contribution in [-0.4, -0.2) is 54.8 Å². The van der Waals surface area contributed by atoms with Gasteiger partial charge in [0.2, 0.25) is 0 Å². The normalized spacial score (nSPS) is 13.8. The van der Waals surface area contributed by atoms with Gasteiger partial charge in [-0.1, -0.05) is 60.2 Å². The molecule has 2 amide bonds. The predicted octanol–water partition coefficient (Wildman–Crippen LogP) is 5.63. The molecule has 5 heteroatoms. The lowest BCUT2D eigenvalue weighted by Crippen LogP contribution is -2.30. The van der Waals surface area contributed by atoms with Crippen LogP contribution >= 0.6 is 0 Å². The van der Waals surface area contributed by atoms with Gasteiger partial charge >= 0.3 is 0 Å². The first kappa shape index (κ1) is 26.4. The minimum atomic E-state index is -0.0935. The van der Waals surface area contributed by atoms with Gasteiger partial charge in [0.05, 0.1) is 0 Å². The Balaban J connectivity index is 1.66. The standard InChI is InChI=1S/C32H37N3O2/c1-4-35(5-2)32(37)27-16-14-25(15-17-27)30(28-12-9-13-29(22-28)31(36)33-3)26-18-20-34(21-19-26)23-24-10-7-6-8-11-24/h6-17,22H,4-5,18-21,23H2,1-3H3,(H,33,36). The molecule has 3 aromatic rings. The number of carbonyl (C=O) groups excluding carboxylic acids is 2. The fraction of sp³-hybridized carbons (Fsp3) is 0.312. The summed E-state index contributed by atoms with van der Waals surface area (Å²) in [6.07, 6.45) is 1.93. The van der Waals surface area contributed by atoms with Gasteiger partial charge in [-0.2, -0.15) is 0 Å². The molecule has 0 bridgehead atoms. The van der Waals surface area contributed by atoms with Gasteiger partial charge in [0.1, 0.15) is 0 Å². The molecule has 0 unspecified atom stereocenters. The van der Waals surface area contributed by atoms with E-state index in [1.54, 1.807) is 7.05 Å². The summed E-state index contributed by atoms with van der Waals surface area (Å²) in [5.74, 6) is -0.0364. The Labute approximate surface area is 220 Å². The Morgan fingerprint density at radius 1 is 0.784 bits per heavy atom. The van der Waals surface area contributed by atoms with Crippen LogP contribution < -0.4 is 5.32 Å². The summed E-state index contributed by atoms with van der Waals surface area (Å²) in [7, 11) is 1.66. The zero-order chi connectivity index (χ0) is 26.2. The van der Waals surface area contributed by atoms with Crippen molar-refractivity contribution in [1.29, 1.82) is 0 Å². The molecule has 192 valence electrons. The second-order valence-electron chi connectivity index (χ2n) is 9.46. The van der Waals surface area contributed by atoms with Crippen molar-refractivity contribution in [1.82, 2.24) is 15.1 Å². The van der Waals surface area contributed by atoms with E-state index >= 15 is 0 Å². The molecular formula is C32H37N3O2. The van der Waals surface area contributed by atoms with Gasteiger partial charge in [0, 0.05) is 50.9 Å². The number of nitrogens with one attached hydrogen (secondary N) is 1. The number of benzene rings is 3. The molecule has 1 fully saturated rings. The first-order valence-corrected chi connectivity index (χ1v) is 13.2. The number of piperidine rings is 1. The first-order chi connectivity index (χ1) is 18.0. The van der Waals surface area contributed by atoms with Crippen LogP contribution in [0, 0.1) is 0 Å². The Morgan fingerprint density at radius 2 is 1.41 bits per heavy atom. The van der Waals surface area contributed by atoms with Crippen molar-refractivity contribution in [3.63, 3.8) is 0 Å². The highest BCUT2D eigenvalue weighted by molar-refractivity contribution is 5.97. The van der Waals surface area contributed by atoms with Crippen LogP contribution in [0.25, 0.3) is 5.57 Å². The molecular weight excluding hydrogens is 458 g/mol. The first-order valence-electron chi connectivity index (χ1n) is 13.2. The fourth-order valence-electron chi connectivity index (χ4n) is 5.08. The maximum absolute atomic E-state index is 12.9. The second-order valence-corrected chi connectivity index (χ2v) is 9.46. The average Bonchev–Trinajstić information content (AvgIpc) is 2.95. The van der Waals surface area contributed by atoms with E-state index in [1.807, 2.05) is 49.1 Å². The van der Waals surface area contributed by atoms with E-state index < -0.39 is 0 Å². The van der Waals surface area contributed by atoms with E-state index in [-0.39, 0.29) is 11.8 Å². The quantitative estimate of drug-likeness (QED) is 0.441. The predicted molar refractivity (Wildman–Crippen MR) is 151 cm³/mol. The summed E-state index contributed by atoms with van der Waals surface area (Å²) in [4.78, 5) is 29.6. The van der Waals surface area contributed by atoms with Gasteiger partial charge < -0.3 is 10.2 Å². The SMILES string of the molecule is CCN(CC)C(=O)c1ccc(C(=C2CCN(Cc3ccccc3)CC2)c2cccc(C(=O)NC)c2)cc1. The van der Waals surface area contributed by atoms with Crippen LogP contribution in [0.4, 0.5) is 0 Å². The van der Waals surface area contributed by atoms with Crippen LogP contribution in [0.1, 0.15) is 64.1 Å². The molecule has 0 aromatic heterocycles. The van der Waals surface area contributed by atoms with Crippen molar-refractivity contribution in [3.8, 4) is 0 Å². The number of likely N-dealkylation sites (tertiary alicyclic amines) is 1. The van der Waals surface area contributed by atoms with E-state index in [0.29, 0.717) is 24.2 Å². The zero-order valence-corrected chi connectivity index (χ0v) is 22.2. The third-order valence-corrected chi connectivity index (χ3v) is 7.17. The van der Waals surface area contributed by atoms with Crippen molar-refractivity contribution < 1.29 is 9.59 Å². The lowest BCUT2D eigenvalue weighted by Gasteiger charge is -2.30. The number of carbonyl (C=O) groups is 2. The van der Waals surface area contributed by atoms with Crippen LogP contribution in [0.15, 0.2) is 84.4 Å². The van der Waals surface area contributed by atoms with Crippen molar-refractivity contribution in [3.05, 3.63) is 112 Å². The van der Waals surface area contributed by atoms with E-state index in [9.17, 15) is 9.59 Å². The van der Waals surface area contributed by atoms with Gasteiger partial charge in [0.15, 0.2) is 0 Å². The van der Waals surface area contributed by atoms with Crippen molar-refractivity contribution in [2.45, 2.75) is 33.2 Å². The molecule has 4 rings (SSSR count). The topological polar surface area (TPSA) is 52.7 Å². The maximum Gasteiger partial charge on any atom is 0.253 e. The fourth-order valence-corrected chi connectivity index (χ4v) is 5.08. The monoisotopic (exact) mass is 495 g/mol. The highest BCUT2D eigenvalue weighted by atomic mass is 16.2. The molecule has 1 aliphatic rings. The Morgan fingerprint density at radius 3 is 2.03 bits per heavy atom. The molecule has 0 radical (unpaired) electrons. The van der Waals surface area contributed by atoms with Crippen molar-refractivity contribution in [2.75, 3.05) is 33.2 Å². The smallest absolute Gasteiger partial charge is 0.253 e. The minimum absolute atomic E-state index is 0.0570. The highest BCUT2D eigenvalue weighted by Gasteiger charge is 2.21. The van der Waals surface area contributed by atoms with Crippen molar-refractivity contribution in [2.24, 2.45) is 0 Å². The van der Waals surface area contributed by atoms with E-state index in [2.05, 4.69) is 58.7 Å². The third kappa shape index (κ3) is 6.36. The Kier molecular flexibility index (Phi) is 8.91. The number of hydrogen-bond acceptors (Lipinski definition) is 3.